The van der Waals surface area contributed by atoms with E-state index < -0.39 is 0 Å². The molecule has 0 unspecified atom stereocenters. The quantitative estimate of drug-likeness (QED) is 0.683. The highest BCUT2D eigenvalue weighted by atomic mass is 16.3. The van der Waals surface area contributed by atoms with Crippen LogP contribution in [0.1, 0.15) is 54.0 Å². The first-order chi connectivity index (χ1) is 7.03. The van der Waals surface area contributed by atoms with E-state index in [1.54, 1.807) is 6.07 Å². The van der Waals surface area contributed by atoms with Crippen molar-refractivity contribution >= 4 is 0 Å². The van der Waals surface area contributed by atoms with Crippen LogP contribution in [-0.2, 0) is 10.8 Å². The Morgan fingerprint density at radius 3 is 2.00 bits per heavy atom. The van der Waals surface area contributed by atoms with Crippen LogP contribution in [-0.4, -0.2) is 5.11 Å². The molecule has 0 aliphatic carbocycles. The van der Waals surface area contributed by atoms with Crippen LogP contribution in [0.3, 0.4) is 0 Å². The lowest BCUT2D eigenvalue weighted by atomic mass is 9.80. The van der Waals surface area contributed by atoms with Crippen molar-refractivity contribution in [2.24, 2.45) is 0 Å². The van der Waals surface area contributed by atoms with E-state index in [-0.39, 0.29) is 22.6 Å². The van der Waals surface area contributed by atoms with Gasteiger partial charge in [0.1, 0.15) is 5.75 Å². The molecule has 15 heavy (non-hydrogen) atoms. The lowest BCUT2D eigenvalue weighted by molar-refractivity contribution is 0.444. The van der Waals surface area contributed by atoms with E-state index in [0.717, 1.165) is 11.1 Å². The molecule has 0 saturated heterocycles. The van der Waals surface area contributed by atoms with Crippen molar-refractivity contribution in [3.63, 3.8) is 0 Å². The van der Waals surface area contributed by atoms with Gasteiger partial charge in [0, 0.05) is 0 Å². The third-order valence-corrected chi connectivity index (χ3v) is 2.59. The van der Waals surface area contributed by atoms with Crippen LogP contribution in [0.4, 0.5) is 0 Å². The fourth-order valence-electron chi connectivity index (χ4n) is 1.49. The highest BCUT2D eigenvalue weighted by Gasteiger charge is 2.21. The first-order valence-electron chi connectivity index (χ1n) is 5.88. The molecular weight excluding hydrogens is 184 g/mol. The number of phenols is 1. The van der Waals surface area contributed by atoms with Crippen LogP contribution in [0.15, 0.2) is 18.2 Å². The van der Waals surface area contributed by atoms with Gasteiger partial charge in [-0.25, -0.2) is 0 Å². The molecule has 84 valence electrons. The van der Waals surface area contributed by atoms with Gasteiger partial charge in [-0.1, -0.05) is 53.7 Å². The average molecular weight is 208 g/mol. The third kappa shape index (κ3) is 2.74. The summed E-state index contributed by atoms with van der Waals surface area (Å²) < 4.78 is 7.81. The second-order valence-corrected chi connectivity index (χ2v) is 6.15. The van der Waals surface area contributed by atoms with E-state index in [1.165, 1.54) is 0 Å². The molecule has 1 nitrogen and oxygen atoms in total. The van der Waals surface area contributed by atoms with Crippen molar-refractivity contribution in [3.8, 4) is 5.75 Å². The van der Waals surface area contributed by atoms with Crippen molar-refractivity contribution in [1.29, 1.82) is 0 Å². The molecule has 0 heterocycles. The number of benzene rings is 1. The third-order valence-electron chi connectivity index (χ3n) is 2.59. The van der Waals surface area contributed by atoms with Crippen molar-refractivity contribution in [2.45, 2.75) is 52.4 Å². The second kappa shape index (κ2) is 3.55. The molecule has 0 fully saturated rings. The summed E-state index contributed by atoms with van der Waals surface area (Å²) in [7, 11) is 0. The fraction of sp³-hybridized carbons (Fsp3) is 0.571. The number of aromatic hydroxyl groups is 1. The number of phenolic OH excluding ortho intramolecular Hbond substituents is 1. The summed E-state index contributed by atoms with van der Waals surface area (Å²) in [6.45, 7) is 12.5. The maximum Gasteiger partial charge on any atom is 0.119 e. The second-order valence-electron chi connectivity index (χ2n) is 6.15. The molecule has 1 aromatic rings. The maximum absolute atomic E-state index is 9.94. The Bertz CT molecular complexity index is 394. The molecule has 1 rings (SSSR count). The summed E-state index contributed by atoms with van der Waals surface area (Å²) in [4.78, 5) is 0. The zero-order valence-electron chi connectivity index (χ0n) is 11.6. The smallest absolute Gasteiger partial charge is 0.119 e. The van der Waals surface area contributed by atoms with Crippen LogP contribution in [0.5, 0.6) is 5.75 Å². The largest absolute Gasteiger partial charge is 0.508 e. The summed E-state index contributed by atoms with van der Waals surface area (Å²) in [6.07, 6.45) is 0. The van der Waals surface area contributed by atoms with E-state index in [1.807, 2.05) is 26.8 Å². The Morgan fingerprint density at radius 1 is 1.07 bits per heavy atom. The summed E-state index contributed by atoms with van der Waals surface area (Å²) >= 11 is 0. The Balaban J connectivity index is 3.46. The minimum atomic E-state index is -0.138. The minimum absolute atomic E-state index is 0.00347. The van der Waals surface area contributed by atoms with Crippen LogP contribution < -0.4 is 0 Å². The van der Waals surface area contributed by atoms with E-state index in [9.17, 15) is 5.11 Å². The summed E-state index contributed by atoms with van der Waals surface area (Å²) in [5, 5.41) is 9.94. The van der Waals surface area contributed by atoms with E-state index in [4.69, 9.17) is 1.37 Å². The molecule has 0 amide bonds. The van der Waals surface area contributed by atoms with Gasteiger partial charge < -0.3 is 5.11 Å². The van der Waals surface area contributed by atoms with E-state index in [2.05, 4.69) is 20.8 Å². The van der Waals surface area contributed by atoms with Gasteiger partial charge in [0.05, 0.1) is 1.37 Å². The number of rotatable bonds is 0. The Morgan fingerprint density at radius 2 is 1.60 bits per heavy atom. The first kappa shape index (κ1) is 10.5. The monoisotopic (exact) mass is 208 g/mol. The Hall–Kier alpha value is -0.980. The van der Waals surface area contributed by atoms with Crippen LogP contribution in [0.2, 0.25) is 0 Å². The molecule has 0 aromatic heterocycles. The molecule has 0 spiro atoms. The van der Waals surface area contributed by atoms with Crippen molar-refractivity contribution in [1.82, 2.24) is 0 Å². The normalized spacial score (nSPS) is 13.9. The number of hydrogen-bond donors (Lipinski definition) is 1. The average Bonchev–Trinajstić information content (AvgIpc) is 2.05. The summed E-state index contributed by atoms with van der Waals surface area (Å²) in [5.41, 5.74) is 1.81. The Kier molecular flexibility index (Phi) is 2.49. The molecule has 0 aliphatic heterocycles. The van der Waals surface area contributed by atoms with Crippen molar-refractivity contribution in [3.05, 3.63) is 29.3 Å². The lowest BCUT2D eigenvalue weighted by Crippen LogP contribution is -2.16. The highest BCUT2D eigenvalue weighted by molar-refractivity contribution is 5.42. The SMILES string of the molecule is [3H]c1cc(C(C)(C)C)cc(C(C)(C)C)c1O. The van der Waals surface area contributed by atoms with Gasteiger partial charge in [-0.05, 0) is 28.0 Å². The predicted molar refractivity (Wildman–Crippen MR) is 65.5 cm³/mol. The minimum Gasteiger partial charge on any atom is -0.508 e. The van der Waals surface area contributed by atoms with Crippen molar-refractivity contribution < 1.29 is 6.48 Å². The molecular formula is C14H22O. The van der Waals surface area contributed by atoms with Gasteiger partial charge in [0.15, 0.2) is 0 Å². The van der Waals surface area contributed by atoms with Crippen LogP contribution >= 0.6 is 0 Å². The maximum atomic E-state index is 9.94. The predicted octanol–water partition coefficient (Wildman–Crippen LogP) is 3.99. The molecule has 0 atom stereocenters. The number of hydrogen-bond acceptors (Lipinski definition) is 1. The van der Waals surface area contributed by atoms with Gasteiger partial charge in [0.25, 0.3) is 0 Å². The molecule has 0 radical (unpaired) electrons. The van der Waals surface area contributed by atoms with Gasteiger partial charge in [0.2, 0.25) is 0 Å². The van der Waals surface area contributed by atoms with E-state index >= 15 is 0 Å². The topological polar surface area (TPSA) is 20.2 Å². The highest BCUT2D eigenvalue weighted by Crippen LogP contribution is 2.34. The molecule has 1 heteroatoms. The first-order valence-corrected chi connectivity index (χ1v) is 5.38. The van der Waals surface area contributed by atoms with Crippen LogP contribution in [0.25, 0.3) is 0 Å². The summed E-state index contributed by atoms with van der Waals surface area (Å²) in [5.74, 6) is 0.112. The standard InChI is InChI=1S/C14H22O/c1-13(2,3)10-7-8-12(15)11(9-10)14(4,5)6/h7-9,15H,1-6H3/i8T. The molecule has 1 aromatic carbocycles. The lowest BCUT2D eigenvalue weighted by Gasteiger charge is -2.25. The van der Waals surface area contributed by atoms with Crippen LogP contribution in [0, 0.1) is 0 Å². The van der Waals surface area contributed by atoms with E-state index in [0.29, 0.717) is 0 Å². The molecule has 0 saturated carbocycles. The van der Waals surface area contributed by atoms with Gasteiger partial charge >= 0.3 is 0 Å². The fourth-order valence-corrected chi connectivity index (χ4v) is 1.49. The Labute approximate surface area is 94.6 Å². The van der Waals surface area contributed by atoms with Gasteiger partial charge in [-0.15, -0.1) is 0 Å². The molecule has 0 bridgehead atoms. The molecule has 0 aliphatic rings. The zero-order chi connectivity index (χ0) is 12.7. The summed E-state index contributed by atoms with van der Waals surface area (Å²) in [6, 6.07) is 4.00. The van der Waals surface area contributed by atoms with Crippen molar-refractivity contribution in [2.75, 3.05) is 0 Å². The zero-order valence-corrected chi connectivity index (χ0v) is 10.6. The molecule has 1 N–H and O–H groups in total. The van der Waals surface area contributed by atoms with Gasteiger partial charge in [-0.3, -0.25) is 0 Å². The van der Waals surface area contributed by atoms with Gasteiger partial charge in [-0.2, -0.15) is 0 Å².